The molecule has 2 aromatic rings. The first-order valence-electron chi connectivity index (χ1n) is 8.35. The van der Waals surface area contributed by atoms with Crippen LogP contribution >= 0.6 is 0 Å². The summed E-state index contributed by atoms with van der Waals surface area (Å²) in [5.41, 5.74) is 2.90. The summed E-state index contributed by atoms with van der Waals surface area (Å²) < 4.78 is 0. The fraction of sp³-hybridized carbons (Fsp3) is 0.350. The van der Waals surface area contributed by atoms with Gasteiger partial charge in [-0.05, 0) is 36.5 Å². The molecule has 0 spiro atoms. The first-order chi connectivity index (χ1) is 11.2. The monoisotopic (exact) mass is 309 g/mol. The van der Waals surface area contributed by atoms with E-state index >= 15 is 0 Å². The predicted octanol–water partition coefficient (Wildman–Crippen LogP) is 3.31. The molecule has 0 heterocycles. The third-order valence-electron chi connectivity index (χ3n) is 4.55. The quantitative estimate of drug-likeness (QED) is 0.910. The van der Waals surface area contributed by atoms with Gasteiger partial charge in [0.05, 0.1) is 12.1 Å². The van der Waals surface area contributed by atoms with Gasteiger partial charge >= 0.3 is 0 Å². The first kappa shape index (κ1) is 15.8. The summed E-state index contributed by atoms with van der Waals surface area (Å²) in [5.74, 6) is -0.0810. The van der Waals surface area contributed by atoms with E-state index in [9.17, 15) is 9.90 Å². The molecule has 0 bridgehead atoms. The highest BCUT2D eigenvalue weighted by Gasteiger charge is 2.25. The molecule has 1 aliphatic carbocycles. The number of aliphatic hydroxyl groups is 1. The minimum absolute atomic E-state index is 0.0810. The van der Waals surface area contributed by atoms with Crippen molar-refractivity contribution in [2.75, 3.05) is 0 Å². The van der Waals surface area contributed by atoms with Crippen molar-refractivity contribution in [1.82, 2.24) is 5.32 Å². The highest BCUT2D eigenvalue weighted by atomic mass is 16.3. The van der Waals surface area contributed by atoms with Gasteiger partial charge in [0.25, 0.3) is 5.91 Å². The van der Waals surface area contributed by atoms with E-state index in [-0.39, 0.29) is 11.9 Å². The molecule has 0 radical (unpaired) electrons. The van der Waals surface area contributed by atoms with Crippen LogP contribution in [0.4, 0.5) is 0 Å². The van der Waals surface area contributed by atoms with E-state index < -0.39 is 6.10 Å². The Morgan fingerprint density at radius 2 is 1.70 bits per heavy atom. The van der Waals surface area contributed by atoms with Crippen molar-refractivity contribution in [3.05, 3.63) is 71.3 Å². The second-order valence-electron chi connectivity index (χ2n) is 6.25. The average molecular weight is 309 g/mol. The molecule has 1 fully saturated rings. The summed E-state index contributed by atoms with van der Waals surface area (Å²) in [6, 6.07) is 17.7. The lowest BCUT2D eigenvalue weighted by molar-refractivity contribution is 0.0716. The number of benzene rings is 2. The zero-order chi connectivity index (χ0) is 16.1. The maximum Gasteiger partial charge on any atom is 0.251 e. The molecule has 3 nitrogen and oxygen atoms in total. The van der Waals surface area contributed by atoms with Gasteiger partial charge in [0.1, 0.15) is 0 Å². The Morgan fingerprint density at radius 1 is 1.00 bits per heavy atom. The molecule has 1 aliphatic rings. The number of hydrogen-bond acceptors (Lipinski definition) is 2. The molecule has 120 valence electrons. The third-order valence-corrected chi connectivity index (χ3v) is 4.55. The lowest BCUT2D eigenvalue weighted by atomic mass is 9.92. The molecule has 3 heteroatoms. The zero-order valence-corrected chi connectivity index (χ0v) is 13.2. The van der Waals surface area contributed by atoms with E-state index in [2.05, 4.69) is 17.4 Å². The summed E-state index contributed by atoms with van der Waals surface area (Å²) >= 11 is 0. The number of hydrogen-bond donors (Lipinski definition) is 2. The van der Waals surface area contributed by atoms with E-state index in [4.69, 9.17) is 0 Å². The van der Waals surface area contributed by atoms with Gasteiger partial charge in [-0.2, -0.15) is 0 Å². The fourth-order valence-electron chi connectivity index (χ4n) is 3.24. The minimum atomic E-state index is -0.422. The fourth-order valence-corrected chi connectivity index (χ4v) is 3.24. The Morgan fingerprint density at radius 3 is 2.48 bits per heavy atom. The van der Waals surface area contributed by atoms with Crippen LogP contribution in [-0.2, 0) is 6.42 Å². The van der Waals surface area contributed by atoms with Gasteiger partial charge in [-0.25, -0.2) is 0 Å². The number of carbonyl (C=O) groups is 1. The Kier molecular flexibility index (Phi) is 5.09. The number of carbonyl (C=O) groups excluding carboxylic acids is 1. The van der Waals surface area contributed by atoms with Gasteiger partial charge in [-0.15, -0.1) is 0 Å². The van der Waals surface area contributed by atoms with Crippen LogP contribution in [0.5, 0.6) is 0 Å². The summed E-state index contributed by atoms with van der Waals surface area (Å²) in [6.07, 6.45) is 4.04. The Balaban J connectivity index is 1.75. The van der Waals surface area contributed by atoms with E-state index in [0.29, 0.717) is 5.56 Å². The summed E-state index contributed by atoms with van der Waals surface area (Å²) in [6.45, 7) is 0. The van der Waals surface area contributed by atoms with Gasteiger partial charge in [0, 0.05) is 5.56 Å². The van der Waals surface area contributed by atoms with E-state index in [0.717, 1.165) is 37.7 Å². The molecule has 3 rings (SSSR count). The summed E-state index contributed by atoms with van der Waals surface area (Å²) in [5, 5.41) is 13.1. The molecular weight excluding hydrogens is 286 g/mol. The zero-order valence-electron chi connectivity index (χ0n) is 13.2. The van der Waals surface area contributed by atoms with Crippen LogP contribution in [0.3, 0.4) is 0 Å². The standard InChI is InChI=1S/C20H23NO2/c22-19-13-7-6-12-18(19)21-20(23)17-11-5-4-10-16(17)14-15-8-2-1-3-9-15/h1-5,8-11,18-19,22H,6-7,12-14H2,(H,21,23). The molecule has 2 N–H and O–H groups in total. The molecule has 1 saturated carbocycles. The maximum absolute atomic E-state index is 12.6. The van der Waals surface area contributed by atoms with E-state index in [1.807, 2.05) is 42.5 Å². The van der Waals surface area contributed by atoms with Gasteiger partial charge < -0.3 is 10.4 Å². The number of nitrogens with one attached hydrogen (secondary N) is 1. The van der Waals surface area contributed by atoms with Crippen LogP contribution in [0.2, 0.25) is 0 Å². The second kappa shape index (κ2) is 7.42. The van der Waals surface area contributed by atoms with Crippen LogP contribution < -0.4 is 5.32 Å². The average Bonchev–Trinajstić information content (AvgIpc) is 2.58. The number of rotatable bonds is 4. The van der Waals surface area contributed by atoms with Crippen LogP contribution in [-0.4, -0.2) is 23.2 Å². The van der Waals surface area contributed by atoms with Crippen LogP contribution in [0, 0.1) is 0 Å². The second-order valence-corrected chi connectivity index (χ2v) is 6.25. The Hall–Kier alpha value is -2.13. The smallest absolute Gasteiger partial charge is 0.251 e. The molecule has 0 aliphatic heterocycles. The third kappa shape index (κ3) is 3.99. The Labute approximate surface area is 137 Å². The van der Waals surface area contributed by atoms with E-state index in [1.165, 1.54) is 5.56 Å². The molecule has 2 unspecified atom stereocenters. The molecule has 0 saturated heterocycles. The first-order valence-corrected chi connectivity index (χ1v) is 8.35. The topological polar surface area (TPSA) is 49.3 Å². The normalized spacial score (nSPS) is 20.9. The molecule has 0 aromatic heterocycles. The van der Waals surface area contributed by atoms with Gasteiger partial charge in [-0.1, -0.05) is 61.4 Å². The number of amides is 1. The van der Waals surface area contributed by atoms with Crippen molar-refractivity contribution in [3.8, 4) is 0 Å². The Bertz CT molecular complexity index is 654. The lowest BCUT2D eigenvalue weighted by Crippen LogP contribution is -2.45. The van der Waals surface area contributed by atoms with Crippen molar-refractivity contribution in [2.24, 2.45) is 0 Å². The highest BCUT2D eigenvalue weighted by molar-refractivity contribution is 5.96. The molecular formula is C20H23NO2. The van der Waals surface area contributed by atoms with Crippen molar-refractivity contribution in [1.29, 1.82) is 0 Å². The SMILES string of the molecule is O=C(NC1CCCCC1O)c1ccccc1Cc1ccccc1. The minimum Gasteiger partial charge on any atom is -0.391 e. The van der Waals surface area contributed by atoms with Crippen LogP contribution in [0.15, 0.2) is 54.6 Å². The number of aliphatic hydroxyl groups excluding tert-OH is 1. The largest absolute Gasteiger partial charge is 0.391 e. The van der Waals surface area contributed by atoms with Gasteiger partial charge in [0.2, 0.25) is 0 Å². The predicted molar refractivity (Wildman–Crippen MR) is 91.4 cm³/mol. The van der Waals surface area contributed by atoms with Gasteiger partial charge in [0.15, 0.2) is 0 Å². The van der Waals surface area contributed by atoms with Crippen LogP contribution in [0.25, 0.3) is 0 Å². The molecule has 23 heavy (non-hydrogen) atoms. The van der Waals surface area contributed by atoms with Crippen molar-refractivity contribution in [3.63, 3.8) is 0 Å². The molecule has 2 atom stereocenters. The maximum atomic E-state index is 12.6. The van der Waals surface area contributed by atoms with Gasteiger partial charge in [-0.3, -0.25) is 4.79 Å². The van der Waals surface area contributed by atoms with Crippen molar-refractivity contribution < 1.29 is 9.90 Å². The lowest BCUT2D eigenvalue weighted by Gasteiger charge is -2.28. The van der Waals surface area contributed by atoms with E-state index in [1.54, 1.807) is 0 Å². The van der Waals surface area contributed by atoms with Crippen molar-refractivity contribution in [2.45, 2.75) is 44.2 Å². The highest BCUT2D eigenvalue weighted by Crippen LogP contribution is 2.20. The summed E-state index contributed by atoms with van der Waals surface area (Å²) in [7, 11) is 0. The van der Waals surface area contributed by atoms with Crippen molar-refractivity contribution >= 4 is 5.91 Å². The summed E-state index contributed by atoms with van der Waals surface area (Å²) in [4.78, 5) is 12.6. The molecule has 1 amide bonds. The molecule has 2 aromatic carbocycles. The van der Waals surface area contributed by atoms with Crippen LogP contribution in [0.1, 0.15) is 47.2 Å².